The largest absolute Gasteiger partial charge is 0.375 e. The van der Waals surface area contributed by atoms with Crippen LogP contribution >= 0.6 is 12.2 Å². The number of thiocarbonyl (C=S) groups is 1. The molecule has 1 amide bonds. The fourth-order valence-electron chi connectivity index (χ4n) is 1.73. The monoisotopic (exact) mass is 271 g/mol. The molecule has 0 radical (unpaired) electrons. The molecule has 5 heteroatoms. The summed E-state index contributed by atoms with van der Waals surface area (Å²) < 4.78 is 0. The summed E-state index contributed by atoms with van der Waals surface area (Å²) >= 11 is 4.58. The number of carbonyl (C=O) groups excluding carboxylic acids is 1. The first-order chi connectivity index (χ1) is 9.16. The lowest BCUT2D eigenvalue weighted by Crippen LogP contribution is -2.43. The molecule has 0 heterocycles. The topological polar surface area (TPSA) is 67.2 Å². The van der Waals surface area contributed by atoms with Crippen molar-refractivity contribution in [2.45, 2.75) is 0 Å². The third kappa shape index (κ3) is 3.53. The van der Waals surface area contributed by atoms with E-state index in [9.17, 15) is 4.79 Å². The third-order valence-electron chi connectivity index (χ3n) is 2.55. The molecule has 0 saturated carbocycles. The van der Waals surface area contributed by atoms with Crippen molar-refractivity contribution < 1.29 is 4.79 Å². The van der Waals surface area contributed by atoms with Crippen molar-refractivity contribution >= 4 is 40.1 Å². The summed E-state index contributed by atoms with van der Waals surface area (Å²) in [7, 11) is 0. The quantitative estimate of drug-likeness (QED) is 0.442. The highest BCUT2D eigenvalue weighted by Gasteiger charge is 1.98. The standard InChI is InChI=1S/C14H13N3OS/c15-14(19)17-16-13(18)9-8-11-6-3-5-10-4-1-2-7-12(10)11/h1-9H,(H,16,18)(H3,15,17,19)/b9-8+. The van der Waals surface area contributed by atoms with Gasteiger partial charge < -0.3 is 5.73 Å². The van der Waals surface area contributed by atoms with Gasteiger partial charge in [-0.1, -0.05) is 42.5 Å². The Balaban J connectivity index is 2.17. The Morgan fingerprint density at radius 1 is 1.11 bits per heavy atom. The van der Waals surface area contributed by atoms with E-state index < -0.39 is 0 Å². The molecule has 0 fully saturated rings. The normalized spacial score (nSPS) is 10.5. The average molecular weight is 271 g/mol. The van der Waals surface area contributed by atoms with Crippen LogP contribution in [0.5, 0.6) is 0 Å². The molecule has 2 aromatic carbocycles. The van der Waals surface area contributed by atoms with Crippen molar-refractivity contribution in [3.05, 3.63) is 54.1 Å². The van der Waals surface area contributed by atoms with E-state index in [1.54, 1.807) is 6.08 Å². The molecule has 2 aromatic rings. The first kappa shape index (κ1) is 13.0. The summed E-state index contributed by atoms with van der Waals surface area (Å²) in [6, 6.07) is 13.9. The molecule has 0 unspecified atom stereocenters. The lowest BCUT2D eigenvalue weighted by molar-refractivity contribution is -0.116. The molecule has 0 atom stereocenters. The number of nitrogens with two attached hydrogens (primary N) is 1. The predicted molar refractivity (Wildman–Crippen MR) is 81.0 cm³/mol. The second-order valence-corrected chi connectivity index (χ2v) is 4.32. The molecular formula is C14H13N3OS. The molecule has 96 valence electrons. The van der Waals surface area contributed by atoms with Crippen LogP contribution in [0.2, 0.25) is 0 Å². The summed E-state index contributed by atoms with van der Waals surface area (Å²) in [6.45, 7) is 0. The number of hydrogen-bond acceptors (Lipinski definition) is 2. The van der Waals surface area contributed by atoms with E-state index in [1.807, 2.05) is 42.5 Å². The molecule has 0 aliphatic heterocycles. The van der Waals surface area contributed by atoms with Gasteiger partial charge in [-0.3, -0.25) is 15.6 Å². The van der Waals surface area contributed by atoms with E-state index in [0.717, 1.165) is 16.3 Å². The number of benzene rings is 2. The SMILES string of the molecule is NC(=S)NNC(=O)/C=C/c1cccc2ccccc12. The van der Waals surface area contributed by atoms with Gasteiger partial charge in [0.25, 0.3) is 5.91 Å². The molecule has 2 rings (SSSR count). The van der Waals surface area contributed by atoms with Crippen LogP contribution < -0.4 is 16.6 Å². The van der Waals surface area contributed by atoms with Gasteiger partial charge >= 0.3 is 0 Å². The summed E-state index contributed by atoms with van der Waals surface area (Å²) in [4.78, 5) is 11.5. The van der Waals surface area contributed by atoms with E-state index in [1.165, 1.54) is 6.08 Å². The van der Waals surface area contributed by atoms with E-state index in [2.05, 4.69) is 23.1 Å². The lowest BCUT2D eigenvalue weighted by Gasteiger charge is -2.03. The molecule has 0 aromatic heterocycles. The van der Waals surface area contributed by atoms with Gasteiger partial charge in [-0.25, -0.2) is 0 Å². The fourth-order valence-corrected chi connectivity index (χ4v) is 1.78. The van der Waals surface area contributed by atoms with Gasteiger partial charge in [0, 0.05) is 6.08 Å². The van der Waals surface area contributed by atoms with Crippen molar-refractivity contribution in [2.75, 3.05) is 0 Å². The maximum Gasteiger partial charge on any atom is 0.262 e. The van der Waals surface area contributed by atoms with Gasteiger partial charge in [0.2, 0.25) is 0 Å². The Kier molecular flexibility index (Phi) is 4.10. The molecule has 4 nitrogen and oxygen atoms in total. The van der Waals surface area contributed by atoms with Gasteiger partial charge in [-0.2, -0.15) is 0 Å². The van der Waals surface area contributed by atoms with Gasteiger partial charge in [-0.15, -0.1) is 0 Å². The van der Waals surface area contributed by atoms with Crippen molar-refractivity contribution in [2.24, 2.45) is 5.73 Å². The Morgan fingerprint density at radius 3 is 2.63 bits per heavy atom. The number of fused-ring (bicyclic) bond motifs is 1. The van der Waals surface area contributed by atoms with Crippen LogP contribution in [0.25, 0.3) is 16.8 Å². The average Bonchev–Trinajstić information content (AvgIpc) is 2.42. The molecule has 0 bridgehead atoms. The highest BCUT2D eigenvalue weighted by atomic mass is 32.1. The molecule has 0 spiro atoms. The van der Waals surface area contributed by atoms with Crippen LogP contribution in [0.15, 0.2) is 48.5 Å². The Labute approximate surface area is 116 Å². The van der Waals surface area contributed by atoms with Crippen LogP contribution in [-0.4, -0.2) is 11.0 Å². The van der Waals surface area contributed by atoms with E-state index in [4.69, 9.17) is 5.73 Å². The van der Waals surface area contributed by atoms with Crippen molar-refractivity contribution in [3.63, 3.8) is 0 Å². The van der Waals surface area contributed by atoms with Gasteiger partial charge in [0.05, 0.1) is 0 Å². The lowest BCUT2D eigenvalue weighted by atomic mass is 10.0. The van der Waals surface area contributed by atoms with E-state index >= 15 is 0 Å². The minimum atomic E-state index is -0.319. The first-order valence-electron chi connectivity index (χ1n) is 5.68. The van der Waals surface area contributed by atoms with Crippen molar-refractivity contribution in [1.29, 1.82) is 0 Å². The summed E-state index contributed by atoms with van der Waals surface area (Å²) in [5, 5.41) is 2.24. The smallest absolute Gasteiger partial charge is 0.262 e. The van der Waals surface area contributed by atoms with Crippen LogP contribution in [0.3, 0.4) is 0 Å². The maximum absolute atomic E-state index is 11.5. The number of amides is 1. The van der Waals surface area contributed by atoms with E-state index in [-0.39, 0.29) is 11.0 Å². The Bertz CT molecular complexity index is 647. The Hall–Kier alpha value is -2.40. The number of nitrogens with one attached hydrogen (secondary N) is 2. The number of carbonyl (C=O) groups is 1. The molecule has 4 N–H and O–H groups in total. The maximum atomic E-state index is 11.5. The molecular weight excluding hydrogens is 258 g/mol. The van der Waals surface area contributed by atoms with Gasteiger partial charge in [-0.05, 0) is 34.6 Å². The predicted octanol–water partition coefficient (Wildman–Crippen LogP) is 1.72. The summed E-state index contributed by atoms with van der Waals surface area (Å²) in [6.07, 6.45) is 3.17. The zero-order valence-electron chi connectivity index (χ0n) is 10.1. The number of rotatable bonds is 2. The zero-order chi connectivity index (χ0) is 13.7. The van der Waals surface area contributed by atoms with Crippen LogP contribution in [0.4, 0.5) is 0 Å². The first-order valence-corrected chi connectivity index (χ1v) is 6.09. The van der Waals surface area contributed by atoms with Crippen LogP contribution in [-0.2, 0) is 4.79 Å². The number of hydrogen-bond donors (Lipinski definition) is 3. The van der Waals surface area contributed by atoms with Gasteiger partial charge in [0.1, 0.15) is 0 Å². The highest BCUT2D eigenvalue weighted by Crippen LogP contribution is 2.19. The van der Waals surface area contributed by atoms with E-state index in [0.29, 0.717) is 0 Å². The second kappa shape index (κ2) is 5.97. The molecule has 0 aliphatic carbocycles. The molecule has 0 saturated heterocycles. The van der Waals surface area contributed by atoms with Crippen molar-refractivity contribution in [1.82, 2.24) is 10.9 Å². The summed E-state index contributed by atoms with van der Waals surface area (Å²) in [5.41, 5.74) is 10.9. The second-order valence-electron chi connectivity index (χ2n) is 3.88. The zero-order valence-corrected chi connectivity index (χ0v) is 10.9. The van der Waals surface area contributed by atoms with Gasteiger partial charge in [0.15, 0.2) is 5.11 Å². The molecule has 0 aliphatic rings. The fraction of sp³-hybridized carbons (Fsp3) is 0. The third-order valence-corrected chi connectivity index (χ3v) is 2.65. The highest BCUT2D eigenvalue weighted by molar-refractivity contribution is 7.80. The Morgan fingerprint density at radius 2 is 1.84 bits per heavy atom. The van der Waals surface area contributed by atoms with Crippen LogP contribution in [0, 0.1) is 0 Å². The summed E-state index contributed by atoms with van der Waals surface area (Å²) in [5.74, 6) is -0.319. The van der Waals surface area contributed by atoms with Crippen molar-refractivity contribution in [3.8, 4) is 0 Å². The molecule has 19 heavy (non-hydrogen) atoms. The number of hydrazine groups is 1. The minimum absolute atomic E-state index is 0.0203. The van der Waals surface area contributed by atoms with Crippen LogP contribution in [0.1, 0.15) is 5.56 Å². The minimum Gasteiger partial charge on any atom is -0.375 e.